The van der Waals surface area contributed by atoms with Gasteiger partial charge in [-0.1, -0.05) is 23.8 Å². The van der Waals surface area contributed by atoms with Gasteiger partial charge in [0.25, 0.3) is 0 Å². The lowest BCUT2D eigenvalue weighted by molar-refractivity contribution is -0.130. The lowest BCUT2D eigenvalue weighted by Crippen LogP contribution is -2.31. The van der Waals surface area contributed by atoms with Crippen molar-refractivity contribution in [2.45, 2.75) is 31.6 Å². The van der Waals surface area contributed by atoms with Crippen LogP contribution in [-0.2, 0) is 0 Å². The SMILES string of the molecule is Cc1ccc(C)c(C(Cl)C(F)(F)C(F)F)c1. The largest absolute Gasteiger partial charge is 0.327 e. The van der Waals surface area contributed by atoms with Gasteiger partial charge in [-0.15, -0.1) is 11.6 Å². The molecule has 0 N–H and O–H groups in total. The Morgan fingerprint density at radius 2 is 1.75 bits per heavy atom. The molecule has 0 radical (unpaired) electrons. The van der Waals surface area contributed by atoms with Gasteiger partial charge in [-0.25, -0.2) is 8.78 Å². The van der Waals surface area contributed by atoms with Crippen LogP contribution in [0.3, 0.4) is 0 Å². The maximum atomic E-state index is 13.1. The molecule has 0 saturated heterocycles. The molecule has 1 atom stereocenters. The molecule has 0 aromatic heterocycles. The monoisotopic (exact) mass is 254 g/mol. The molecule has 0 saturated carbocycles. The van der Waals surface area contributed by atoms with E-state index in [1.807, 2.05) is 0 Å². The van der Waals surface area contributed by atoms with Crippen LogP contribution in [0.15, 0.2) is 18.2 Å². The molecule has 0 amide bonds. The van der Waals surface area contributed by atoms with Crippen LogP contribution < -0.4 is 0 Å². The van der Waals surface area contributed by atoms with Gasteiger partial charge in [0.1, 0.15) is 5.38 Å². The second-order valence-electron chi connectivity index (χ2n) is 3.70. The summed E-state index contributed by atoms with van der Waals surface area (Å²) in [6.07, 6.45) is -3.77. The molecule has 1 aromatic carbocycles. The van der Waals surface area contributed by atoms with Crippen molar-refractivity contribution in [1.29, 1.82) is 0 Å². The highest BCUT2D eigenvalue weighted by Crippen LogP contribution is 2.42. The lowest BCUT2D eigenvalue weighted by atomic mass is 9.99. The number of rotatable bonds is 3. The van der Waals surface area contributed by atoms with E-state index in [1.54, 1.807) is 26.0 Å². The summed E-state index contributed by atoms with van der Waals surface area (Å²) in [6.45, 7) is 3.25. The van der Waals surface area contributed by atoms with Crippen LogP contribution in [-0.4, -0.2) is 12.3 Å². The number of aryl methyl sites for hydroxylation is 2. The van der Waals surface area contributed by atoms with E-state index in [-0.39, 0.29) is 5.56 Å². The van der Waals surface area contributed by atoms with Gasteiger partial charge in [0.05, 0.1) is 0 Å². The van der Waals surface area contributed by atoms with E-state index in [0.717, 1.165) is 0 Å². The third-order valence-corrected chi connectivity index (χ3v) is 2.86. The highest BCUT2D eigenvalue weighted by molar-refractivity contribution is 6.21. The fourth-order valence-electron chi connectivity index (χ4n) is 1.35. The van der Waals surface area contributed by atoms with Crippen molar-refractivity contribution in [1.82, 2.24) is 0 Å². The van der Waals surface area contributed by atoms with Crippen molar-refractivity contribution in [3.05, 3.63) is 34.9 Å². The van der Waals surface area contributed by atoms with Gasteiger partial charge in [0.15, 0.2) is 0 Å². The molecule has 0 fully saturated rings. The minimum Gasteiger partial charge on any atom is -0.204 e. The summed E-state index contributed by atoms with van der Waals surface area (Å²) < 4.78 is 50.4. The summed E-state index contributed by atoms with van der Waals surface area (Å²) in [7, 11) is 0. The minimum atomic E-state index is -4.22. The summed E-state index contributed by atoms with van der Waals surface area (Å²) in [5.74, 6) is -4.22. The van der Waals surface area contributed by atoms with Gasteiger partial charge in [-0.05, 0) is 25.0 Å². The zero-order chi connectivity index (χ0) is 12.5. The topological polar surface area (TPSA) is 0 Å². The molecule has 0 spiro atoms. The van der Waals surface area contributed by atoms with Crippen molar-refractivity contribution in [3.63, 3.8) is 0 Å². The van der Waals surface area contributed by atoms with Gasteiger partial charge in [-0.2, -0.15) is 8.78 Å². The molecular formula is C11H11ClF4. The Morgan fingerprint density at radius 1 is 1.19 bits per heavy atom. The first-order valence-electron chi connectivity index (χ1n) is 4.64. The smallest absolute Gasteiger partial charge is 0.204 e. The van der Waals surface area contributed by atoms with Gasteiger partial charge >= 0.3 is 12.3 Å². The molecule has 16 heavy (non-hydrogen) atoms. The average molecular weight is 255 g/mol. The summed E-state index contributed by atoms with van der Waals surface area (Å²) in [5.41, 5.74) is 1.23. The highest BCUT2D eigenvalue weighted by Gasteiger charge is 2.49. The molecule has 0 bridgehead atoms. The van der Waals surface area contributed by atoms with Crippen molar-refractivity contribution >= 4 is 11.6 Å². The van der Waals surface area contributed by atoms with E-state index in [4.69, 9.17) is 11.6 Å². The van der Waals surface area contributed by atoms with Crippen molar-refractivity contribution in [2.75, 3.05) is 0 Å². The normalized spacial score (nSPS) is 14.2. The second kappa shape index (κ2) is 4.62. The summed E-state index contributed by atoms with van der Waals surface area (Å²) >= 11 is 5.44. The molecule has 1 aromatic rings. The van der Waals surface area contributed by atoms with Crippen LogP contribution in [0.1, 0.15) is 22.1 Å². The van der Waals surface area contributed by atoms with Crippen molar-refractivity contribution < 1.29 is 17.6 Å². The number of halogens is 5. The lowest BCUT2D eigenvalue weighted by Gasteiger charge is -2.22. The quantitative estimate of drug-likeness (QED) is 0.551. The second-order valence-corrected chi connectivity index (χ2v) is 4.13. The summed E-state index contributed by atoms with van der Waals surface area (Å²) in [4.78, 5) is 0. The molecule has 1 rings (SSSR count). The summed E-state index contributed by atoms with van der Waals surface area (Å²) in [5, 5.41) is -2.01. The Morgan fingerprint density at radius 3 is 2.25 bits per heavy atom. The molecule has 0 aliphatic carbocycles. The predicted octanol–water partition coefficient (Wildman–Crippen LogP) is 4.48. The first kappa shape index (κ1) is 13.3. The first-order chi connectivity index (χ1) is 7.26. The maximum absolute atomic E-state index is 13.1. The third-order valence-electron chi connectivity index (χ3n) is 2.34. The Bertz CT molecular complexity index is 376. The van der Waals surface area contributed by atoms with Crippen LogP contribution in [0.4, 0.5) is 17.6 Å². The Balaban J connectivity index is 3.14. The summed E-state index contributed by atoms with van der Waals surface area (Å²) in [6, 6.07) is 4.70. The van der Waals surface area contributed by atoms with Gasteiger partial charge in [0.2, 0.25) is 0 Å². The number of benzene rings is 1. The zero-order valence-electron chi connectivity index (χ0n) is 8.78. The average Bonchev–Trinajstić information content (AvgIpc) is 2.20. The molecule has 0 aliphatic rings. The van der Waals surface area contributed by atoms with Crippen LogP contribution in [0.2, 0.25) is 0 Å². The highest BCUT2D eigenvalue weighted by atomic mass is 35.5. The Hall–Kier alpha value is -0.770. The van der Waals surface area contributed by atoms with E-state index in [0.29, 0.717) is 11.1 Å². The fourth-order valence-corrected chi connectivity index (χ4v) is 1.68. The van der Waals surface area contributed by atoms with Gasteiger partial charge < -0.3 is 0 Å². The molecule has 90 valence electrons. The third kappa shape index (κ3) is 2.48. The van der Waals surface area contributed by atoms with Crippen LogP contribution in [0, 0.1) is 13.8 Å². The molecule has 0 aliphatic heterocycles. The zero-order valence-corrected chi connectivity index (χ0v) is 9.53. The fraction of sp³-hybridized carbons (Fsp3) is 0.455. The minimum absolute atomic E-state index is 0.0481. The van der Waals surface area contributed by atoms with Crippen LogP contribution in [0.25, 0.3) is 0 Å². The number of hydrogen-bond donors (Lipinski definition) is 0. The van der Waals surface area contributed by atoms with Crippen LogP contribution >= 0.6 is 11.6 Å². The van der Waals surface area contributed by atoms with Crippen molar-refractivity contribution in [2.24, 2.45) is 0 Å². The molecule has 5 heteroatoms. The van der Waals surface area contributed by atoms with Gasteiger partial charge in [0, 0.05) is 0 Å². The Kier molecular flexibility index (Phi) is 3.84. The van der Waals surface area contributed by atoms with E-state index in [9.17, 15) is 17.6 Å². The molecule has 0 heterocycles. The van der Waals surface area contributed by atoms with E-state index in [2.05, 4.69) is 0 Å². The number of alkyl halides is 5. The molecule has 0 nitrogen and oxygen atoms in total. The van der Waals surface area contributed by atoms with Crippen LogP contribution in [0.5, 0.6) is 0 Å². The standard InChI is InChI=1S/C11H11ClF4/c1-6-3-4-7(2)8(5-6)9(12)11(15,16)10(13)14/h3-5,9-10H,1-2H3. The molecule has 1 unspecified atom stereocenters. The van der Waals surface area contributed by atoms with Gasteiger partial charge in [-0.3, -0.25) is 0 Å². The Labute approximate surface area is 96.2 Å². The van der Waals surface area contributed by atoms with E-state index < -0.39 is 17.7 Å². The van der Waals surface area contributed by atoms with Crippen molar-refractivity contribution in [3.8, 4) is 0 Å². The number of hydrogen-bond acceptors (Lipinski definition) is 0. The molecular weight excluding hydrogens is 244 g/mol. The maximum Gasteiger partial charge on any atom is 0.327 e. The predicted molar refractivity (Wildman–Crippen MR) is 55.5 cm³/mol. The van der Waals surface area contributed by atoms with E-state index in [1.165, 1.54) is 6.07 Å². The first-order valence-corrected chi connectivity index (χ1v) is 5.07. The van der Waals surface area contributed by atoms with E-state index >= 15 is 0 Å².